The molecule has 0 unspecified atom stereocenters. The topological polar surface area (TPSA) is 96.7 Å². The largest absolute Gasteiger partial charge is 0.422 e. The smallest absolute Gasteiger partial charge is 0.349 e. The van der Waals surface area contributed by atoms with E-state index in [1.54, 1.807) is 30.3 Å². The average Bonchev–Trinajstić information content (AvgIpc) is 3.02. The van der Waals surface area contributed by atoms with E-state index < -0.39 is 22.7 Å². The first-order valence-corrected chi connectivity index (χ1v) is 10.4. The van der Waals surface area contributed by atoms with Gasteiger partial charge in [0.2, 0.25) is 0 Å². The molecular weight excluding hydrogens is 416 g/mol. The van der Waals surface area contributed by atoms with E-state index in [0.29, 0.717) is 15.9 Å². The van der Waals surface area contributed by atoms with Gasteiger partial charge in [0, 0.05) is 18.5 Å². The van der Waals surface area contributed by atoms with Crippen molar-refractivity contribution >= 4 is 45.9 Å². The van der Waals surface area contributed by atoms with Crippen molar-refractivity contribution in [3.05, 3.63) is 86.6 Å². The summed E-state index contributed by atoms with van der Waals surface area (Å²) in [6, 6.07) is 15.9. The van der Waals surface area contributed by atoms with E-state index in [1.807, 2.05) is 31.2 Å². The van der Waals surface area contributed by atoms with Gasteiger partial charge >= 0.3 is 5.63 Å². The summed E-state index contributed by atoms with van der Waals surface area (Å²) >= 11 is 0.861. The first kappa shape index (κ1) is 20.6. The predicted molar refractivity (Wildman–Crippen MR) is 119 cm³/mol. The van der Waals surface area contributed by atoms with E-state index in [9.17, 15) is 19.2 Å². The molecule has 8 heteroatoms. The van der Waals surface area contributed by atoms with Crippen molar-refractivity contribution in [2.45, 2.75) is 6.92 Å². The van der Waals surface area contributed by atoms with Crippen molar-refractivity contribution in [1.82, 2.24) is 10.2 Å². The van der Waals surface area contributed by atoms with Crippen LogP contribution in [0.3, 0.4) is 0 Å². The highest BCUT2D eigenvalue weighted by molar-refractivity contribution is 8.18. The Kier molecular flexibility index (Phi) is 5.73. The lowest BCUT2D eigenvalue weighted by atomic mass is 10.1. The maximum Gasteiger partial charge on any atom is 0.349 e. The summed E-state index contributed by atoms with van der Waals surface area (Å²) in [7, 11) is 0. The Morgan fingerprint density at radius 3 is 2.61 bits per heavy atom. The zero-order valence-electron chi connectivity index (χ0n) is 16.6. The molecule has 3 amide bonds. The minimum absolute atomic E-state index is 0.000555. The minimum Gasteiger partial charge on any atom is -0.422 e. The van der Waals surface area contributed by atoms with Crippen molar-refractivity contribution in [3.63, 3.8) is 0 Å². The van der Waals surface area contributed by atoms with Gasteiger partial charge in [0.1, 0.15) is 11.1 Å². The normalized spacial score (nSPS) is 15.1. The number of para-hydroxylation sites is 1. The number of rotatable bonds is 5. The van der Waals surface area contributed by atoms with Crippen molar-refractivity contribution in [2.24, 2.45) is 0 Å². The lowest BCUT2D eigenvalue weighted by molar-refractivity contribution is -0.122. The Balaban J connectivity index is 1.40. The van der Waals surface area contributed by atoms with Gasteiger partial charge in [-0.15, -0.1) is 0 Å². The molecule has 1 aliphatic rings. The quantitative estimate of drug-likeness (QED) is 0.487. The fourth-order valence-electron chi connectivity index (χ4n) is 3.10. The summed E-state index contributed by atoms with van der Waals surface area (Å²) in [5, 5.41) is 2.79. The highest BCUT2D eigenvalue weighted by Gasteiger charge is 2.34. The Labute approximate surface area is 181 Å². The molecule has 156 valence electrons. The van der Waals surface area contributed by atoms with Gasteiger partial charge in [-0.1, -0.05) is 48.0 Å². The second-order valence-electron chi connectivity index (χ2n) is 6.99. The van der Waals surface area contributed by atoms with Gasteiger partial charge in [-0.05, 0) is 42.5 Å². The molecule has 1 aromatic heterocycles. The summed E-state index contributed by atoms with van der Waals surface area (Å²) in [6.07, 6.45) is 1.67. The van der Waals surface area contributed by atoms with Crippen LogP contribution < -0.4 is 10.9 Å². The number of thioether (sulfide) groups is 1. The molecule has 0 saturated carbocycles. The molecule has 1 saturated heterocycles. The van der Waals surface area contributed by atoms with Crippen molar-refractivity contribution in [2.75, 3.05) is 13.1 Å². The van der Waals surface area contributed by atoms with Crippen LogP contribution in [0.5, 0.6) is 0 Å². The van der Waals surface area contributed by atoms with Crippen LogP contribution in [0.1, 0.15) is 21.5 Å². The van der Waals surface area contributed by atoms with Crippen LogP contribution in [0.25, 0.3) is 17.0 Å². The Bertz CT molecular complexity index is 1280. The third-order valence-electron chi connectivity index (χ3n) is 4.76. The average molecular weight is 434 g/mol. The van der Waals surface area contributed by atoms with Gasteiger partial charge < -0.3 is 9.73 Å². The van der Waals surface area contributed by atoms with E-state index in [4.69, 9.17) is 4.42 Å². The number of carbonyl (C=O) groups is 3. The summed E-state index contributed by atoms with van der Waals surface area (Å²) in [5.74, 6) is -1.03. The van der Waals surface area contributed by atoms with Gasteiger partial charge in [0.15, 0.2) is 0 Å². The Morgan fingerprint density at radius 1 is 1.10 bits per heavy atom. The molecule has 0 spiro atoms. The first-order chi connectivity index (χ1) is 14.9. The first-order valence-electron chi connectivity index (χ1n) is 9.55. The Morgan fingerprint density at radius 2 is 1.84 bits per heavy atom. The lowest BCUT2D eigenvalue weighted by Gasteiger charge is -2.12. The number of hydrogen-bond donors (Lipinski definition) is 1. The maximum absolute atomic E-state index is 12.6. The number of carbonyl (C=O) groups excluding carboxylic acids is 3. The van der Waals surface area contributed by atoms with Crippen LogP contribution in [-0.4, -0.2) is 35.0 Å². The van der Waals surface area contributed by atoms with Crippen LogP contribution in [0.2, 0.25) is 0 Å². The van der Waals surface area contributed by atoms with E-state index in [1.165, 1.54) is 6.07 Å². The number of amides is 3. The van der Waals surface area contributed by atoms with Crippen molar-refractivity contribution in [3.8, 4) is 0 Å². The number of nitrogens with zero attached hydrogens (tertiary/aromatic N) is 1. The van der Waals surface area contributed by atoms with Crippen LogP contribution in [0, 0.1) is 6.92 Å². The highest BCUT2D eigenvalue weighted by atomic mass is 32.2. The standard InChI is InChI=1S/C23H18N2O5S/c1-14-6-8-15(9-7-14)12-19-21(27)25(23(29)31-19)11-10-24-20(26)17-13-16-4-2-3-5-18(16)30-22(17)28/h2-9,12-13H,10-11H2,1H3,(H,24,26)/b19-12-. The van der Waals surface area contributed by atoms with Gasteiger partial charge in [0.05, 0.1) is 4.91 Å². The molecule has 2 aromatic carbocycles. The van der Waals surface area contributed by atoms with Crippen LogP contribution >= 0.6 is 11.8 Å². The number of nitrogens with one attached hydrogen (secondary N) is 1. The fraction of sp³-hybridized carbons (Fsp3) is 0.130. The van der Waals surface area contributed by atoms with Gasteiger partial charge in [-0.2, -0.15) is 0 Å². The number of fused-ring (bicyclic) bond motifs is 1. The number of hydrogen-bond acceptors (Lipinski definition) is 6. The zero-order valence-corrected chi connectivity index (χ0v) is 17.4. The molecule has 1 N–H and O–H groups in total. The maximum atomic E-state index is 12.6. The second-order valence-corrected chi connectivity index (χ2v) is 7.98. The van der Waals surface area contributed by atoms with E-state index >= 15 is 0 Å². The molecule has 0 radical (unpaired) electrons. The fourth-order valence-corrected chi connectivity index (χ4v) is 3.97. The van der Waals surface area contributed by atoms with Crippen LogP contribution in [0.15, 0.2) is 68.7 Å². The molecule has 0 aliphatic carbocycles. The summed E-state index contributed by atoms with van der Waals surface area (Å²) in [5.41, 5.74) is 1.44. The second kappa shape index (κ2) is 8.61. The van der Waals surface area contributed by atoms with Gasteiger partial charge in [0.25, 0.3) is 17.1 Å². The molecule has 2 heterocycles. The molecule has 1 fully saturated rings. The van der Waals surface area contributed by atoms with Gasteiger partial charge in [-0.25, -0.2) is 4.79 Å². The molecule has 1 aliphatic heterocycles. The van der Waals surface area contributed by atoms with Crippen LogP contribution in [-0.2, 0) is 4.79 Å². The number of imide groups is 1. The van der Waals surface area contributed by atoms with Crippen molar-refractivity contribution in [1.29, 1.82) is 0 Å². The third kappa shape index (κ3) is 4.44. The molecule has 0 atom stereocenters. The van der Waals surface area contributed by atoms with Crippen molar-refractivity contribution < 1.29 is 18.8 Å². The Hall–Kier alpha value is -3.65. The molecule has 0 bridgehead atoms. The monoisotopic (exact) mass is 434 g/mol. The molecular formula is C23H18N2O5S. The minimum atomic E-state index is -0.747. The van der Waals surface area contributed by atoms with Crippen LogP contribution in [0.4, 0.5) is 4.79 Å². The molecule has 4 rings (SSSR count). The lowest BCUT2D eigenvalue weighted by Crippen LogP contribution is -2.38. The van der Waals surface area contributed by atoms with E-state index in [2.05, 4.69) is 5.32 Å². The zero-order chi connectivity index (χ0) is 22.0. The molecule has 7 nitrogen and oxygen atoms in total. The van der Waals surface area contributed by atoms with E-state index in [0.717, 1.165) is 27.8 Å². The summed E-state index contributed by atoms with van der Waals surface area (Å²) in [4.78, 5) is 50.7. The molecule has 31 heavy (non-hydrogen) atoms. The number of aryl methyl sites for hydroxylation is 1. The van der Waals surface area contributed by atoms with E-state index in [-0.39, 0.29) is 18.7 Å². The SMILES string of the molecule is Cc1ccc(/C=C2\SC(=O)N(CCNC(=O)c3cc4ccccc4oc3=O)C2=O)cc1. The van der Waals surface area contributed by atoms with Gasteiger partial charge in [-0.3, -0.25) is 19.3 Å². The molecule has 3 aromatic rings. The third-order valence-corrected chi connectivity index (χ3v) is 5.66. The number of benzene rings is 2. The summed E-state index contributed by atoms with van der Waals surface area (Å²) < 4.78 is 5.16. The predicted octanol–water partition coefficient (Wildman–Crippen LogP) is 3.57. The summed E-state index contributed by atoms with van der Waals surface area (Å²) in [6.45, 7) is 1.98. The highest BCUT2D eigenvalue weighted by Crippen LogP contribution is 2.31.